The number of halogens is 2. The maximum Gasteiger partial charge on any atom is 0.123 e. The van der Waals surface area contributed by atoms with Gasteiger partial charge in [0, 0.05) is 5.92 Å². The van der Waals surface area contributed by atoms with Gasteiger partial charge >= 0.3 is 0 Å². The maximum absolute atomic E-state index is 13.2. The van der Waals surface area contributed by atoms with Gasteiger partial charge in [-0.3, -0.25) is 0 Å². The summed E-state index contributed by atoms with van der Waals surface area (Å²) in [6, 6.07) is 11.4. The van der Waals surface area contributed by atoms with Gasteiger partial charge in [-0.05, 0) is 66.3 Å². The summed E-state index contributed by atoms with van der Waals surface area (Å²) in [7, 11) is 0. The molecule has 1 saturated carbocycles. The zero-order valence-electron chi connectivity index (χ0n) is 14.1. The number of rotatable bonds is 4. The van der Waals surface area contributed by atoms with E-state index < -0.39 is 6.04 Å². The largest absolute Gasteiger partial charge is 0.411 e. The molecule has 0 aliphatic heterocycles. The Morgan fingerprint density at radius 2 is 1.65 bits per heavy atom. The maximum atomic E-state index is 13.2. The van der Waals surface area contributed by atoms with Crippen LogP contribution in [0.1, 0.15) is 36.4 Å². The van der Waals surface area contributed by atoms with Crippen LogP contribution in [0.2, 0.25) is 0 Å². The molecule has 0 heterocycles. The summed E-state index contributed by atoms with van der Waals surface area (Å²) in [5, 5.41) is 22.8. The smallest absolute Gasteiger partial charge is 0.123 e. The van der Waals surface area contributed by atoms with Gasteiger partial charge in [-0.15, -0.1) is 0 Å². The standard InChI is InChI=1S/C20H20F2N2O2/c21-16-8-4-13(5-9-16)12-15-2-1-3-18(20(15)24-26)19(23-25)14-6-10-17(22)11-7-14/h4-12,18-19,23,25-26H,1-3H2/b15-12-,24-20+. The molecular formula is C20H20F2N2O2. The highest BCUT2D eigenvalue weighted by Gasteiger charge is 2.32. The van der Waals surface area contributed by atoms with Crippen molar-refractivity contribution < 1.29 is 19.2 Å². The number of allylic oxidation sites excluding steroid dienone is 1. The Balaban J connectivity index is 1.91. The molecule has 0 amide bonds. The second-order valence-corrected chi connectivity index (χ2v) is 6.36. The lowest BCUT2D eigenvalue weighted by atomic mass is 9.77. The highest BCUT2D eigenvalue weighted by molar-refractivity contribution is 6.06. The number of hydroxylamine groups is 1. The van der Waals surface area contributed by atoms with Crippen LogP contribution in [-0.2, 0) is 0 Å². The minimum absolute atomic E-state index is 0.282. The Hall–Kier alpha value is -2.57. The van der Waals surface area contributed by atoms with E-state index in [1.165, 1.54) is 24.3 Å². The van der Waals surface area contributed by atoms with Crippen molar-refractivity contribution in [3.05, 3.63) is 76.9 Å². The van der Waals surface area contributed by atoms with Gasteiger partial charge in [0.2, 0.25) is 0 Å². The number of benzene rings is 2. The molecule has 1 aliphatic rings. The molecule has 3 N–H and O–H groups in total. The quantitative estimate of drug-likeness (QED) is 0.548. The van der Waals surface area contributed by atoms with Gasteiger partial charge in [-0.25, -0.2) is 8.78 Å². The fourth-order valence-electron chi connectivity index (χ4n) is 3.45. The highest BCUT2D eigenvalue weighted by Crippen LogP contribution is 2.36. The molecule has 2 unspecified atom stereocenters. The van der Waals surface area contributed by atoms with Crippen molar-refractivity contribution in [3.63, 3.8) is 0 Å². The minimum Gasteiger partial charge on any atom is -0.411 e. The Kier molecular flexibility index (Phi) is 5.75. The molecule has 1 aliphatic carbocycles. The van der Waals surface area contributed by atoms with Crippen molar-refractivity contribution in [3.8, 4) is 0 Å². The molecule has 0 radical (unpaired) electrons. The van der Waals surface area contributed by atoms with Gasteiger partial charge in [-0.1, -0.05) is 29.4 Å². The van der Waals surface area contributed by atoms with Crippen molar-refractivity contribution in [1.29, 1.82) is 0 Å². The molecule has 26 heavy (non-hydrogen) atoms. The van der Waals surface area contributed by atoms with Crippen LogP contribution in [0.25, 0.3) is 6.08 Å². The first-order valence-electron chi connectivity index (χ1n) is 8.46. The van der Waals surface area contributed by atoms with Crippen molar-refractivity contribution >= 4 is 11.8 Å². The monoisotopic (exact) mass is 358 g/mol. The van der Waals surface area contributed by atoms with E-state index in [1.54, 1.807) is 24.3 Å². The summed E-state index contributed by atoms with van der Waals surface area (Å²) < 4.78 is 26.3. The molecule has 6 heteroatoms. The average molecular weight is 358 g/mol. The van der Waals surface area contributed by atoms with Crippen molar-refractivity contribution in [1.82, 2.24) is 5.48 Å². The van der Waals surface area contributed by atoms with Crippen molar-refractivity contribution in [2.75, 3.05) is 0 Å². The van der Waals surface area contributed by atoms with Crippen LogP contribution in [-0.4, -0.2) is 16.1 Å². The predicted octanol–water partition coefficient (Wildman–Crippen LogP) is 4.70. The number of hydrogen-bond acceptors (Lipinski definition) is 4. The third kappa shape index (κ3) is 3.98. The molecule has 0 bridgehead atoms. The first-order chi connectivity index (χ1) is 12.6. The van der Waals surface area contributed by atoms with Crippen molar-refractivity contribution in [2.24, 2.45) is 11.1 Å². The minimum atomic E-state index is -0.529. The molecule has 1 fully saturated rings. The van der Waals surface area contributed by atoms with Gasteiger partial charge in [0.15, 0.2) is 0 Å². The fourth-order valence-corrected chi connectivity index (χ4v) is 3.45. The van der Waals surface area contributed by atoms with E-state index in [1.807, 2.05) is 6.08 Å². The number of hydrogen-bond donors (Lipinski definition) is 3. The third-order valence-corrected chi connectivity index (χ3v) is 4.73. The third-order valence-electron chi connectivity index (χ3n) is 4.73. The van der Waals surface area contributed by atoms with E-state index >= 15 is 0 Å². The van der Waals surface area contributed by atoms with E-state index in [9.17, 15) is 19.2 Å². The molecule has 0 saturated heterocycles. The zero-order chi connectivity index (χ0) is 18.5. The van der Waals surface area contributed by atoms with E-state index in [0.717, 1.165) is 24.0 Å². The Bertz CT molecular complexity index is 802. The topological polar surface area (TPSA) is 64.9 Å². The first-order valence-corrected chi connectivity index (χ1v) is 8.46. The normalized spacial score (nSPS) is 21.9. The SMILES string of the molecule is O/N=C1\C(=C/c2ccc(F)cc2)CCCC1C(NO)c1ccc(F)cc1. The van der Waals surface area contributed by atoms with Crippen LogP contribution in [0, 0.1) is 17.6 Å². The highest BCUT2D eigenvalue weighted by atomic mass is 19.1. The van der Waals surface area contributed by atoms with Crippen molar-refractivity contribution in [2.45, 2.75) is 25.3 Å². The molecular weight excluding hydrogens is 338 g/mol. The van der Waals surface area contributed by atoms with E-state index in [0.29, 0.717) is 17.7 Å². The Morgan fingerprint density at radius 3 is 2.23 bits per heavy atom. The number of oxime groups is 1. The molecule has 0 spiro atoms. The Morgan fingerprint density at radius 1 is 1.04 bits per heavy atom. The van der Waals surface area contributed by atoms with Crippen LogP contribution >= 0.6 is 0 Å². The summed E-state index contributed by atoms with van der Waals surface area (Å²) in [4.78, 5) is 0. The second-order valence-electron chi connectivity index (χ2n) is 6.36. The summed E-state index contributed by atoms with van der Waals surface area (Å²) >= 11 is 0. The van der Waals surface area contributed by atoms with E-state index in [2.05, 4.69) is 10.6 Å². The van der Waals surface area contributed by atoms with E-state index in [4.69, 9.17) is 0 Å². The fraction of sp³-hybridized carbons (Fsp3) is 0.250. The summed E-state index contributed by atoms with van der Waals surface area (Å²) in [5.41, 5.74) is 5.07. The molecule has 2 aromatic carbocycles. The van der Waals surface area contributed by atoms with E-state index in [-0.39, 0.29) is 17.6 Å². The average Bonchev–Trinajstić information content (AvgIpc) is 2.66. The lowest BCUT2D eigenvalue weighted by molar-refractivity contribution is 0.106. The van der Waals surface area contributed by atoms with Gasteiger partial charge in [0.1, 0.15) is 11.6 Å². The molecule has 4 nitrogen and oxygen atoms in total. The first kappa shape index (κ1) is 18.2. The van der Waals surface area contributed by atoms with Gasteiger partial charge in [0.25, 0.3) is 0 Å². The van der Waals surface area contributed by atoms with Gasteiger partial charge in [-0.2, -0.15) is 5.48 Å². The van der Waals surface area contributed by atoms with Gasteiger partial charge < -0.3 is 10.4 Å². The molecule has 0 aromatic heterocycles. The van der Waals surface area contributed by atoms with Crippen LogP contribution in [0.4, 0.5) is 8.78 Å². The van der Waals surface area contributed by atoms with Crippen LogP contribution in [0.3, 0.4) is 0 Å². The summed E-state index contributed by atoms with van der Waals surface area (Å²) in [6.45, 7) is 0. The predicted molar refractivity (Wildman–Crippen MR) is 95.0 cm³/mol. The van der Waals surface area contributed by atoms with Crippen LogP contribution in [0.5, 0.6) is 0 Å². The van der Waals surface area contributed by atoms with Gasteiger partial charge in [0.05, 0.1) is 11.8 Å². The molecule has 3 rings (SSSR count). The molecule has 136 valence electrons. The summed E-state index contributed by atoms with van der Waals surface area (Å²) in [5.74, 6) is -0.955. The zero-order valence-corrected chi connectivity index (χ0v) is 14.1. The van der Waals surface area contributed by atoms with Crippen LogP contribution < -0.4 is 5.48 Å². The number of nitrogens with one attached hydrogen (secondary N) is 1. The second kappa shape index (κ2) is 8.21. The van der Waals surface area contributed by atoms with Crippen LogP contribution in [0.15, 0.2) is 59.3 Å². The lowest BCUT2D eigenvalue weighted by Crippen LogP contribution is -2.34. The lowest BCUT2D eigenvalue weighted by Gasteiger charge is -2.31. The summed E-state index contributed by atoms with van der Waals surface area (Å²) in [6.07, 6.45) is 4.13. The Labute approximate surface area is 150 Å². The molecule has 2 atom stereocenters. The number of nitrogens with zero attached hydrogens (tertiary/aromatic N) is 1. The molecule has 2 aromatic rings.